The number of carbonyl (C=O) groups is 1. The molecule has 0 aliphatic carbocycles. The summed E-state index contributed by atoms with van der Waals surface area (Å²) in [6, 6.07) is 12.8. The standard InChI is InChI=1S/C26H34FN3O4S/c1-21-4-3-5-24(18-21)35(32,33)30-12-10-26(11-13-30,20-34-23-8-6-22(27)7-9-23)19-25(31)29-16-14-28(2)15-17-29/h3-9,18H,10-17,19-20H2,1-2H3. The minimum Gasteiger partial charge on any atom is -0.493 e. The van der Waals surface area contributed by atoms with Crippen molar-refractivity contribution in [2.24, 2.45) is 5.41 Å². The summed E-state index contributed by atoms with van der Waals surface area (Å²) in [4.78, 5) is 17.6. The van der Waals surface area contributed by atoms with Crippen molar-refractivity contribution in [1.29, 1.82) is 0 Å². The van der Waals surface area contributed by atoms with Gasteiger partial charge in [0.1, 0.15) is 11.6 Å². The predicted octanol–water partition coefficient (Wildman–Crippen LogP) is 3.15. The summed E-state index contributed by atoms with van der Waals surface area (Å²) < 4.78 is 47.3. The van der Waals surface area contributed by atoms with Gasteiger partial charge in [0, 0.05) is 51.1 Å². The van der Waals surface area contributed by atoms with E-state index in [-0.39, 0.29) is 18.3 Å². The van der Waals surface area contributed by atoms with E-state index >= 15 is 0 Å². The summed E-state index contributed by atoms with van der Waals surface area (Å²) >= 11 is 0. The number of nitrogens with zero attached hydrogens (tertiary/aromatic N) is 3. The number of ether oxygens (including phenoxy) is 1. The van der Waals surface area contributed by atoms with Crippen molar-refractivity contribution >= 4 is 15.9 Å². The molecule has 0 aromatic heterocycles. The van der Waals surface area contributed by atoms with Crippen molar-refractivity contribution in [1.82, 2.24) is 14.1 Å². The lowest BCUT2D eigenvalue weighted by molar-refractivity contribution is -0.136. The Morgan fingerprint density at radius 3 is 2.29 bits per heavy atom. The summed E-state index contributed by atoms with van der Waals surface area (Å²) in [5.41, 5.74) is 0.399. The van der Waals surface area contributed by atoms with E-state index in [0.717, 1.165) is 18.7 Å². The van der Waals surface area contributed by atoms with Crippen LogP contribution in [0.25, 0.3) is 0 Å². The lowest BCUT2D eigenvalue weighted by Gasteiger charge is -2.42. The zero-order valence-corrected chi connectivity index (χ0v) is 21.3. The Labute approximate surface area is 207 Å². The molecule has 9 heteroatoms. The molecule has 0 N–H and O–H groups in total. The summed E-state index contributed by atoms with van der Waals surface area (Å²) in [7, 11) is -1.57. The molecule has 2 aromatic rings. The van der Waals surface area contributed by atoms with Crippen LogP contribution in [0.5, 0.6) is 5.75 Å². The van der Waals surface area contributed by atoms with Gasteiger partial charge in [-0.1, -0.05) is 12.1 Å². The molecule has 0 unspecified atom stereocenters. The van der Waals surface area contributed by atoms with Gasteiger partial charge in [-0.2, -0.15) is 4.31 Å². The third kappa shape index (κ3) is 6.20. The van der Waals surface area contributed by atoms with Gasteiger partial charge in [0.15, 0.2) is 0 Å². The van der Waals surface area contributed by atoms with E-state index in [2.05, 4.69) is 4.90 Å². The number of aryl methyl sites for hydroxylation is 1. The first-order valence-corrected chi connectivity index (χ1v) is 13.5. The molecule has 0 saturated carbocycles. The SMILES string of the molecule is Cc1cccc(S(=O)(=O)N2CCC(COc3ccc(F)cc3)(CC(=O)N3CCN(C)CC3)CC2)c1. The molecule has 0 radical (unpaired) electrons. The van der Waals surface area contributed by atoms with E-state index in [1.807, 2.05) is 24.9 Å². The van der Waals surface area contributed by atoms with Crippen LogP contribution in [0.1, 0.15) is 24.8 Å². The van der Waals surface area contributed by atoms with Crippen LogP contribution >= 0.6 is 0 Å². The van der Waals surface area contributed by atoms with Gasteiger partial charge < -0.3 is 14.5 Å². The molecule has 7 nitrogen and oxygen atoms in total. The van der Waals surface area contributed by atoms with Crippen LogP contribution in [-0.4, -0.2) is 81.4 Å². The third-order valence-corrected chi connectivity index (χ3v) is 9.05. The molecule has 4 rings (SSSR count). The van der Waals surface area contributed by atoms with Crippen LogP contribution in [0.3, 0.4) is 0 Å². The number of rotatable bonds is 7. The molecule has 35 heavy (non-hydrogen) atoms. The number of sulfonamides is 1. The Balaban J connectivity index is 1.48. The topological polar surface area (TPSA) is 70.2 Å². The van der Waals surface area contributed by atoms with Crippen molar-refractivity contribution in [3.63, 3.8) is 0 Å². The predicted molar refractivity (Wildman–Crippen MR) is 132 cm³/mol. The number of likely N-dealkylation sites (N-methyl/N-ethyl adjacent to an activating group) is 1. The minimum absolute atomic E-state index is 0.0794. The molecular weight excluding hydrogens is 469 g/mol. The monoisotopic (exact) mass is 503 g/mol. The molecular formula is C26H34FN3O4S. The van der Waals surface area contributed by atoms with E-state index in [9.17, 15) is 17.6 Å². The Morgan fingerprint density at radius 1 is 1.00 bits per heavy atom. The normalized spacial score (nSPS) is 19.5. The Bertz CT molecular complexity index is 1120. The number of benzene rings is 2. The van der Waals surface area contributed by atoms with Gasteiger partial charge in [-0.25, -0.2) is 12.8 Å². The van der Waals surface area contributed by atoms with Crippen LogP contribution in [0, 0.1) is 18.2 Å². The van der Waals surface area contributed by atoms with Crippen molar-refractivity contribution in [3.8, 4) is 5.75 Å². The highest BCUT2D eigenvalue weighted by Gasteiger charge is 2.41. The lowest BCUT2D eigenvalue weighted by atomic mass is 9.76. The average molecular weight is 504 g/mol. The Morgan fingerprint density at radius 2 is 1.66 bits per heavy atom. The molecule has 0 spiro atoms. The Hall–Kier alpha value is -2.49. The number of piperidine rings is 1. The van der Waals surface area contributed by atoms with Gasteiger partial charge in [-0.15, -0.1) is 0 Å². The molecule has 2 aliphatic heterocycles. The van der Waals surface area contributed by atoms with E-state index in [1.54, 1.807) is 30.3 Å². The smallest absolute Gasteiger partial charge is 0.243 e. The quantitative estimate of drug-likeness (QED) is 0.581. The zero-order valence-electron chi connectivity index (χ0n) is 20.5. The van der Waals surface area contributed by atoms with E-state index in [1.165, 1.54) is 16.4 Å². The molecule has 2 aliphatic rings. The van der Waals surface area contributed by atoms with Crippen molar-refractivity contribution in [2.75, 3.05) is 52.9 Å². The van der Waals surface area contributed by atoms with E-state index in [0.29, 0.717) is 56.1 Å². The van der Waals surface area contributed by atoms with Crippen molar-refractivity contribution < 1.29 is 22.3 Å². The van der Waals surface area contributed by atoms with E-state index < -0.39 is 15.4 Å². The molecule has 2 fully saturated rings. The minimum atomic E-state index is -3.61. The van der Waals surface area contributed by atoms with Crippen LogP contribution in [0.4, 0.5) is 4.39 Å². The summed E-state index contributed by atoms with van der Waals surface area (Å²) in [5.74, 6) is 0.274. The summed E-state index contributed by atoms with van der Waals surface area (Å²) in [5, 5.41) is 0. The van der Waals surface area contributed by atoms with Crippen LogP contribution < -0.4 is 4.74 Å². The maximum Gasteiger partial charge on any atom is 0.243 e. The molecule has 2 aromatic carbocycles. The lowest BCUT2D eigenvalue weighted by Crippen LogP contribution is -2.51. The van der Waals surface area contributed by atoms with Crippen LogP contribution in [-0.2, 0) is 14.8 Å². The highest BCUT2D eigenvalue weighted by molar-refractivity contribution is 7.89. The highest BCUT2D eigenvalue weighted by atomic mass is 32.2. The molecule has 0 atom stereocenters. The van der Waals surface area contributed by atoms with E-state index in [4.69, 9.17) is 4.74 Å². The van der Waals surface area contributed by atoms with Crippen molar-refractivity contribution in [3.05, 3.63) is 59.9 Å². The first-order valence-electron chi connectivity index (χ1n) is 12.1. The van der Waals surface area contributed by atoms with Gasteiger partial charge in [-0.3, -0.25) is 4.79 Å². The van der Waals surface area contributed by atoms with Gasteiger partial charge in [0.2, 0.25) is 15.9 Å². The molecule has 2 saturated heterocycles. The first-order chi connectivity index (χ1) is 16.7. The maximum absolute atomic E-state index is 13.3. The van der Waals surface area contributed by atoms with Crippen molar-refractivity contribution in [2.45, 2.75) is 31.1 Å². The number of hydrogen-bond acceptors (Lipinski definition) is 5. The van der Waals surface area contributed by atoms with Crippen LogP contribution in [0.15, 0.2) is 53.4 Å². The fourth-order valence-electron chi connectivity index (χ4n) is 4.75. The largest absolute Gasteiger partial charge is 0.493 e. The fourth-order valence-corrected chi connectivity index (χ4v) is 6.30. The first kappa shape index (κ1) is 25.6. The number of carbonyl (C=O) groups excluding carboxylic acids is 1. The summed E-state index contributed by atoms with van der Waals surface area (Å²) in [6.07, 6.45) is 1.33. The number of halogens is 1. The maximum atomic E-state index is 13.3. The number of piperazine rings is 1. The number of hydrogen-bond donors (Lipinski definition) is 0. The van der Waals surface area contributed by atoms with Gasteiger partial charge in [0.25, 0.3) is 0 Å². The fraction of sp³-hybridized carbons (Fsp3) is 0.500. The molecule has 2 heterocycles. The van der Waals surface area contributed by atoms with Gasteiger partial charge in [0.05, 0.1) is 11.5 Å². The highest BCUT2D eigenvalue weighted by Crippen LogP contribution is 2.38. The second-order valence-corrected chi connectivity index (χ2v) is 11.8. The second kappa shape index (κ2) is 10.6. The Kier molecular flexibility index (Phi) is 7.78. The molecule has 1 amide bonds. The van der Waals surface area contributed by atoms with Gasteiger partial charge in [-0.05, 0) is 68.8 Å². The average Bonchev–Trinajstić information content (AvgIpc) is 2.84. The van der Waals surface area contributed by atoms with Gasteiger partial charge >= 0.3 is 0 Å². The second-order valence-electron chi connectivity index (χ2n) is 9.82. The molecule has 0 bridgehead atoms. The zero-order chi connectivity index (χ0) is 25.1. The third-order valence-electron chi connectivity index (χ3n) is 7.15. The summed E-state index contributed by atoms with van der Waals surface area (Å²) in [6.45, 7) is 5.85. The number of amides is 1. The van der Waals surface area contributed by atoms with Crippen LogP contribution in [0.2, 0.25) is 0 Å². The molecule has 190 valence electrons.